The molecule has 1 saturated heterocycles. The van der Waals surface area contributed by atoms with E-state index < -0.39 is 0 Å². The quantitative estimate of drug-likeness (QED) is 0.880. The lowest BCUT2D eigenvalue weighted by atomic mass is 10.1. The van der Waals surface area contributed by atoms with Crippen LogP contribution in [0.2, 0.25) is 0 Å². The van der Waals surface area contributed by atoms with Crippen LogP contribution in [0.4, 0.5) is 0 Å². The molecule has 5 heteroatoms. The van der Waals surface area contributed by atoms with Gasteiger partial charge in [0.25, 0.3) is 0 Å². The Morgan fingerprint density at radius 1 is 1.27 bits per heavy atom. The Kier molecular flexibility index (Phi) is 5.08. The molecule has 5 nitrogen and oxygen atoms in total. The summed E-state index contributed by atoms with van der Waals surface area (Å²) in [4.78, 5) is 16.6. The molecule has 22 heavy (non-hydrogen) atoms. The average molecular weight is 303 g/mol. The zero-order valence-electron chi connectivity index (χ0n) is 13.0. The van der Waals surface area contributed by atoms with E-state index >= 15 is 0 Å². The number of morpholine rings is 1. The molecular formula is C17H25N3O2. The number of rotatable bonds is 5. The predicted molar refractivity (Wildman–Crippen MR) is 85.2 cm³/mol. The van der Waals surface area contributed by atoms with E-state index in [-0.39, 0.29) is 12.0 Å². The van der Waals surface area contributed by atoms with Crippen LogP contribution in [0.25, 0.3) is 0 Å². The molecule has 0 aromatic heterocycles. The van der Waals surface area contributed by atoms with Crippen molar-refractivity contribution in [1.82, 2.24) is 9.80 Å². The SMILES string of the molecule is NCC1CN(C(=O)CCCN2Cc3ccccc3C2)CCO1. The summed E-state index contributed by atoms with van der Waals surface area (Å²) in [7, 11) is 0. The van der Waals surface area contributed by atoms with Crippen LogP contribution in [-0.4, -0.2) is 54.6 Å². The molecule has 2 heterocycles. The second kappa shape index (κ2) is 7.22. The van der Waals surface area contributed by atoms with Crippen LogP contribution in [0.5, 0.6) is 0 Å². The first kappa shape index (κ1) is 15.5. The van der Waals surface area contributed by atoms with E-state index in [1.54, 1.807) is 0 Å². The topological polar surface area (TPSA) is 58.8 Å². The lowest BCUT2D eigenvalue weighted by Gasteiger charge is -2.32. The Morgan fingerprint density at radius 3 is 2.68 bits per heavy atom. The zero-order chi connectivity index (χ0) is 15.4. The van der Waals surface area contributed by atoms with Gasteiger partial charge >= 0.3 is 0 Å². The fourth-order valence-electron chi connectivity index (χ4n) is 3.26. The molecule has 2 N–H and O–H groups in total. The molecule has 1 aromatic carbocycles. The zero-order valence-corrected chi connectivity index (χ0v) is 13.0. The minimum atomic E-state index is 0.00535. The largest absolute Gasteiger partial charge is 0.373 e. The number of carbonyl (C=O) groups is 1. The molecule has 1 fully saturated rings. The normalized spacial score (nSPS) is 21.9. The fourth-order valence-corrected chi connectivity index (χ4v) is 3.26. The molecule has 2 aliphatic rings. The van der Waals surface area contributed by atoms with Gasteiger partial charge in [0, 0.05) is 39.1 Å². The molecule has 1 atom stereocenters. The van der Waals surface area contributed by atoms with Crippen molar-refractivity contribution >= 4 is 5.91 Å². The molecule has 0 aliphatic carbocycles. The van der Waals surface area contributed by atoms with E-state index in [0.717, 1.165) is 26.1 Å². The first-order valence-electron chi connectivity index (χ1n) is 8.15. The van der Waals surface area contributed by atoms with E-state index in [1.807, 2.05) is 4.90 Å². The number of amides is 1. The van der Waals surface area contributed by atoms with Crippen molar-refractivity contribution in [1.29, 1.82) is 0 Å². The number of nitrogens with two attached hydrogens (primary N) is 1. The number of carbonyl (C=O) groups excluding carboxylic acids is 1. The average Bonchev–Trinajstić information content (AvgIpc) is 2.97. The van der Waals surface area contributed by atoms with Gasteiger partial charge in [-0.25, -0.2) is 0 Å². The van der Waals surface area contributed by atoms with Gasteiger partial charge in [0.15, 0.2) is 0 Å². The molecule has 1 unspecified atom stereocenters. The molecule has 120 valence electrons. The van der Waals surface area contributed by atoms with Crippen molar-refractivity contribution in [2.75, 3.05) is 32.8 Å². The van der Waals surface area contributed by atoms with Crippen LogP contribution in [0, 0.1) is 0 Å². The molecule has 0 saturated carbocycles. The van der Waals surface area contributed by atoms with Crippen LogP contribution < -0.4 is 5.73 Å². The van der Waals surface area contributed by atoms with Crippen molar-refractivity contribution in [3.8, 4) is 0 Å². The molecule has 2 aliphatic heterocycles. The Bertz CT molecular complexity index is 495. The molecule has 1 aromatic rings. The first-order valence-corrected chi connectivity index (χ1v) is 8.15. The number of ether oxygens (including phenoxy) is 1. The van der Waals surface area contributed by atoms with Crippen LogP contribution in [0.15, 0.2) is 24.3 Å². The van der Waals surface area contributed by atoms with Crippen molar-refractivity contribution in [3.63, 3.8) is 0 Å². The maximum absolute atomic E-state index is 12.3. The third-order valence-corrected chi connectivity index (χ3v) is 4.53. The highest BCUT2D eigenvalue weighted by Gasteiger charge is 2.23. The smallest absolute Gasteiger partial charge is 0.222 e. The van der Waals surface area contributed by atoms with Gasteiger partial charge in [0.2, 0.25) is 5.91 Å². The van der Waals surface area contributed by atoms with Gasteiger partial charge in [-0.15, -0.1) is 0 Å². The van der Waals surface area contributed by atoms with Gasteiger partial charge < -0.3 is 15.4 Å². The van der Waals surface area contributed by atoms with E-state index in [9.17, 15) is 4.79 Å². The van der Waals surface area contributed by atoms with Gasteiger partial charge in [-0.3, -0.25) is 9.69 Å². The van der Waals surface area contributed by atoms with Crippen LogP contribution in [-0.2, 0) is 22.6 Å². The van der Waals surface area contributed by atoms with E-state index in [2.05, 4.69) is 29.2 Å². The molecular weight excluding hydrogens is 278 g/mol. The van der Waals surface area contributed by atoms with Crippen molar-refractivity contribution in [2.24, 2.45) is 5.73 Å². The van der Waals surface area contributed by atoms with Gasteiger partial charge in [-0.1, -0.05) is 24.3 Å². The van der Waals surface area contributed by atoms with E-state index in [4.69, 9.17) is 10.5 Å². The number of hydrogen-bond acceptors (Lipinski definition) is 4. The second-order valence-corrected chi connectivity index (χ2v) is 6.15. The van der Waals surface area contributed by atoms with E-state index in [0.29, 0.717) is 32.7 Å². The van der Waals surface area contributed by atoms with Gasteiger partial charge in [0.1, 0.15) is 0 Å². The number of nitrogens with zero attached hydrogens (tertiary/aromatic N) is 2. The summed E-state index contributed by atoms with van der Waals surface area (Å²) in [5.41, 5.74) is 8.47. The summed E-state index contributed by atoms with van der Waals surface area (Å²) < 4.78 is 5.50. The summed E-state index contributed by atoms with van der Waals surface area (Å²) in [6.45, 7) is 5.43. The first-order chi connectivity index (χ1) is 10.8. The Balaban J connectivity index is 1.39. The summed E-state index contributed by atoms with van der Waals surface area (Å²) in [6, 6.07) is 8.58. The third kappa shape index (κ3) is 3.66. The highest BCUT2D eigenvalue weighted by molar-refractivity contribution is 5.76. The third-order valence-electron chi connectivity index (χ3n) is 4.53. The minimum Gasteiger partial charge on any atom is -0.373 e. The number of fused-ring (bicyclic) bond motifs is 1. The summed E-state index contributed by atoms with van der Waals surface area (Å²) in [5, 5.41) is 0. The van der Waals surface area contributed by atoms with E-state index in [1.165, 1.54) is 11.1 Å². The Hall–Kier alpha value is -1.43. The van der Waals surface area contributed by atoms with Crippen LogP contribution in [0.1, 0.15) is 24.0 Å². The lowest BCUT2D eigenvalue weighted by molar-refractivity contribution is -0.138. The Morgan fingerprint density at radius 2 is 2.00 bits per heavy atom. The van der Waals surface area contributed by atoms with Crippen LogP contribution in [0.3, 0.4) is 0 Å². The number of benzene rings is 1. The van der Waals surface area contributed by atoms with Gasteiger partial charge in [0.05, 0.1) is 12.7 Å². The van der Waals surface area contributed by atoms with Crippen molar-refractivity contribution in [3.05, 3.63) is 35.4 Å². The van der Waals surface area contributed by atoms with Crippen LogP contribution >= 0.6 is 0 Å². The molecule has 1 amide bonds. The highest BCUT2D eigenvalue weighted by atomic mass is 16.5. The number of hydrogen-bond donors (Lipinski definition) is 1. The standard InChI is InChI=1S/C17H25N3O2/c18-10-16-13-20(8-9-22-16)17(21)6-3-7-19-11-14-4-1-2-5-15(14)12-19/h1-2,4-5,16H,3,6-13,18H2. The lowest BCUT2D eigenvalue weighted by Crippen LogP contribution is -2.48. The molecule has 3 rings (SSSR count). The predicted octanol–water partition coefficient (Wildman–Crippen LogP) is 0.968. The van der Waals surface area contributed by atoms with Gasteiger partial charge in [-0.05, 0) is 24.1 Å². The maximum Gasteiger partial charge on any atom is 0.222 e. The molecule has 0 spiro atoms. The highest BCUT2D eigenvalue weighted by Crippen LogP contribution is 2.22. The summed E-state index contributed by atoms with van der Waals surface area (Å²) in [6.07, 6.45) is 1.53. The fraction of sp³-hybridized carbons (Fsp3) is 0.588. The van der Waals surface area contributed by atoms with Crippen molar-refractivity contribution < 1.29 is 9.53 Å². The minimum absolute atomic E-state index is 0.00535. The monoisotopic (exact) mass is 303 g/mol. The summed E-state index contributed by atoms with van der Waals surface area (Å²) in [5.74, 6) is 0.235. The maximum atomic E-state index is 12.3. The second-order valence-electron chi connectivity index (χ2n) is 6.15. The Labute approximate surface area is 132 Å². The molecule has 0 bridgehead atoms. The molecule has 0 radical (unpaired) electrons. The van der Waals surface area contributed by atoms with Crippen molar-refractivity contribution in [2.45, 2.75) is 32.0 Å². The summed E-state index contributed by atoms with van der Waals surface area (Å²) >= 11 is 0. The van der Waals surface area contributed by atoms with Gasteiger partial charge in [-0.2, -0.15) is 0 Å².